The molecule has 3 heteroatoms. The lowest BCUT2D eigenvalue weighted by atomic mass is 9.55. The van der Waals surface area contributed by atoms with Gasteiger partial charge in [-0.1, -0.05) is 33.6 Å². The number of epoxide rings is 1. The second kappa shape index (κ2) is 3.73. The number of hydrogen-bond donors (Lipinski definition) is 1. The van der Waals surface area contributed by atoms with Crippen LogP contribution in [0.5, 0.6) is 0 Å². The first-order valence-electron chi connectivity index (χ1n) is 6.34. The highest BCUT2D eigenvalue weighted by Gasteiger charge is 2.65. The van der Waals surface area contributed by atoms with Crippen molar-refractivity contribution in [2.24, 2.45) is 10.8 Å². The van der Waals surface area contributed by atoms with Crippen molar-refractivity contribution in [2.45, 2.75) is 65.1 Å². The van der Waals surface area contributed by atoms with Crippen LogP contribution < -0.4 is 0 Å². The molecule has 1 heterocycles. The summed E-state index contributed by atoms with van der Waals surface area (Å²) in [6.07, 6.45) is 5.05. The fraction of sp³-hybridized carbons (Fsp3) is 0.923. The minimum atomic E-state index is -0.625. The molecule has 1 N–H and O–H groups in total. The molecule has 0 spiro atoms. The SMILES string of the molecule is CCCCC1(C(=O)O)CCC2OC2C1(C)C. The van der Waals surface area contributed by atoms with Crippen molar-refractivity contribution in [3.05, 3.63) is 0 Å². The molecule has 0 aromatic heterocycles. The van der Waals surface area contributed by atoms with Crippen LogP contribution in [0.25, 0.3) is 0 Å². The predicted molar refractivity (Wildman–Crippen MR) is 61.3 cm³/mol. The van der Waals surface area contributed by atoms with Gasteiger partial charge in [0.1, 0.15) is 0 Å². The van der Waals surface area contributed by atoms with Crippen LogP contribution in [-0.2, 0) is 9.53 Å². The van der Waals surface area contributed by atoms with E-state index in [1.165, 1.54) is 0 Å². The number of fused-ring (bicyclic) bond motifs is 1. The molecule has 2 rings (SSSR count). The summed E-state index contributed by atoms with van der Waals surface area (Å²) in [5.41, 5.74) is -0.794. The lowest BCUT2D eigenvalue weighted by Crippen LogP contribution is -2.50. The first kappa shape index (κ1) is 11.9. The Morgan fingerprint density at radius 1 is 1.50 bits per heavy atom. The number of ether oxygens (including phenoxy) is 1. The Kier molecular flexibility index (Phi) is 2.77. The minimum absolute atomic E-state index is 0.175. The van der Waals surface area contributed by atoms with E-state index in [9.17, 15) is 9.90 Å². The average Bonchev–Trinajstić information content (AvgIpc) is 2.97. The van der Waals surface area contributed by atoms with Crippen LogP contribution in [0.3, 0.4) is 0 Å². The molecule has 92 valence electrons. The maximum atomic E-state index is 11.7. The van der Waals surface area contributed by atoms with Gasteiger partial charge in [0, 0.05) is 5.41 Å². The number of carboxylic acids is 1. The molecular formula is C13H22O3. The number of carbonyl (C=O) groups is 1. The van der Waals surface area contributed by atoms with E-state index in [0.717, 1.165) is 32.1 Å². The second-order valence-corrected chi connectivity index (χ2v) is 5.85. The third kappa shape index (κ3) is 1.48. The maximum absolute atomic E-state index is 11.7. The first-order chi connectivity index (χ1) is 7.45. The van der Waals surface area contributed by atoms with Crippen LogP contribution in [0, 0.1) is 10.8 Å². The molecular weight excluding hydrogens is 204 g/mol. The molecule has 1 aliphatic heterocycles. The van der Waals surface area contributed by atoms with Gasteiger partial charge in [-0.15, -0.1) is 0 Å². The van der Waals surface area contributed by atoms with Crippen LogP contribution in [0.2, 0.25) is 0 Å². The molecule has 3 unspecified atom stereocenters. The Bertz CT molecular complexity index is 298. The largest absolute Gasteiger partial charge is 0.481 e. The summed E-state index contributed by atoms with van der Waals surface area (Å²) in [7, 11) is 0. The van der Waals surface area contributed by atoms with Crippen molar-refractivity contribution in [1.82, 2.24) is 0 Å². The summed E-state index contributed by atoms with van der Waals surface area (Å²) in [5, 5.41) is 9.63. The highest BCUT2D eigenvalue weighted by molar-refractivity contribution is 5.76. The summed E-state index contributed by atoms with van der Waals surface area (Å²) >= 11 is 0. The molecule has 1 aliphatic carbocycles. The highest BCUT2D eigenvalue weighted by Crippen LogP contribution is 2.60. The number of hydrogen-bond acceptors (Lipinski definition) is 2. The summed E-state index contributed by atoms with van der Waals surface area (Å²) in [4.78, 5) is 11.7. The third-order valence-corrected chi connectivity index (χ3v) is 4.75. The van der Waals surface area contributed by atoms with Crippen molar-refractivity contribution >= 4 is 5.97 Å². The zero-order valence-corrected chi connectivity index (χ0v) is 10.5. The van der Waals surface area contributed by atoms with E-state index >= 15 is 0 Å². The molecule has 1 saturated heterocycles. The molecule has 2 fully saturated rings. The lowest BCUT2D eigenvalue weighted by Gasteiger charge is -2.45. The molecule has 0 bridgehead atoms. The van der Waals surface area contributed by atoms with Gasteiger partial charge in [-0.05, 0) is 19.3 Å². The molecule has 3 atom stereocenters. The van der Waals surface area contributed by atoms with Crippen LogP contribution in [-0.4, -0.2) is 23.3 Å². The van der Waals surface area contributed by atoms with Crippen molar-refractivity contribution in [2.75, 3.05) is 0 Å². The van der Waals surface area contributed by atoms with E-state index in [1.807, 2.05) is 0 Å². The van der Waals surface area contributed by atoms with Gasteiger partial charge in [-0.25, -0.2) is 0 Å². The normalized spacial score (nSPS) is 40.2. The van der Waals surface area contributed by atoms with Crippen molar-refractivity contribution in [3.8, 4) is 0 Å². The quantitative estimate of drug-likeness (QED) is 0.750. The van der Waals surface area contributed by atoms with Gasteiger partial charge in [-0.3, -0.25) is 4.79 Å². The zero-order chi connectivity index (χ0) is 12.0. The van der Waals surface area contributed by atoms with E-state index in [0.29, 0.717) is 6.10 Å². The Morgan fingerprint density at radius 2 is 2.19 bits per heavy atom. The van der Waals surface area contributed by atoms with E-state index in [1.54, 1.807) is 0 Å². The van der Waals surface area contributed by atoms with E-state index in [-0.39, 0.29) is 11.5 Å². The van der Waals surface area contributed by atoms with Crippen LogP contribution in [0.1, 0.15) is 52.9 Å². The minimum Gasteiger partial charge on any atom is -0.481 e. The molecule has 2 aliphatic rings. The number of carboxylic acid groups (broad SMARTS) is 1. The summed E-state index contributed by atoms with van der Waals surface area (Å²) < 4.78 is 5.62. The average molecular weight is 226 g/mol. The molecule has 3 nitrogen and oxygen atoms in total. The molecule has 0 amide bonds. The molecule has 16 heavy (non-hydrogen) atoms. The molecule has 0 aromatic rings. The third-order valence-electron chi connectivity index (χ3n) is 4.75. The van der Waals surface area contributed by atoms with Crippen LogP contribution >= 0.6 is 0 Å². The van der Waals surface area contributed by atoms with E-state index in [2.05, 4.69) is 20.8 Å². The molecule has 0 aromatic carbocycles. The number of rotatable bonds is 4. The number of unbranched alkanes of at least 4 members (excludes halogenated alkanes) is 1. The summed E-state index contributed by atoms with van der Waals surface area (Å²) in [6, 6.07) is 0. The predicted octanol–water partition coefficient (Wildman–Crippen LogP) is 2.84. The standard InChI is InChI=1S/C13H22O3/c1-4-5-7-13(11(14)15)8-6-9-10(16-9)12(13,2)3/h9-10H,4-8H2,1-3H3,(H,14,15). The van der Waals surface area contributed by atoms with Gasteiger partial charge in [0.15, 0.2) is 0 Å². The maximum Gasteiger partial charge on any atom is 0.310 e. The van der Waals surface area contributed by atoms with E-state index in [4.69, 9.17) is 4.74 Å². The van der Waals surface area contributed by atoms with Gasteiger partial charge in [-0.2, -0.15) is 0 Å². The molecule has 0 radical (unpaired) electrons. The van der Waals surface area contributed by atoms with Crippen LogP contribution in [0.4, 0.5) is 0 Å². The van der Waals surface area contributed by atoms with Crippen molar-refractivity contribution in [3.63, 3.8) is 0 Å². The summed E-state index contributed by atoms with van der Waals surface area (Å²) in [5.74, 6) is -0.625. The number of aliphatic carboxylic acids is 1. The Balaban J connectivity index is 2.25. The Labute approximate surface area is 97.2 Å². The lowest BCUT2D eigenvalue weighted by molar-refractivity contribution is -0.161. The van der Waals surface area contributed by atoms with Gasteiger partial charge in [0.2, 0.25) is 0 Å². The van der Waals surface area contributed by atoms with Gasteiger partial charge >= 0.3 is 5.97 Å². The van der Waals surface area contributed by atoms with E-state index < -0.39 is 11.4 Å². The second-order valence-electron chi connectivity index (χ2n) is 5.85. The van der Waals surface area contributed by atoms with Gasteiger partial charge in [0.05, 0.1) is 17.6 Å². The monoisotopic (exact) mass is 226 g/mol. The van der Waals surface area contributed by atoms with Crippen molar-refractivity contribution < 1.29 is 14.6 Å². The Hall–Kier alpha value is -0.570. The smallest absolute Gasteiger partial charge is 0.310 e. The zero-order valence-electron chi connectivity index (χ0n) is 10.5. The summed E-state index contributed by atoms with van der Waals surface area (Å²) in [6.45, 7) is 6.25. The van der Waals surface area contributed by atoms with Gasteiger partial charge in [0.25, 0.3) is 0 Å². The fourth-order valence-corrected chi connectivity index (χ4v) is 3.40. The molecule has 1 saturated carbocycles. The Morgan fingerprint density at radius 3 is 2.75 bits per heavy atom. The van der Waals surface area contributed by atoms with Crippen LogP contribution in [0.15, 0.2) is 0 Å². The topological polar surface area (TPSA) is 49.8 Å². The van der Waals surface area contributed by atoms with Gasteiger partial charge < -0.3 is 9.84 Å². The fourth-order valence-electron chi connectivity index (χ4n) is 3.40. The van der Waals surface area contributed by atoms with Crippen molar-refractivity contribution in [1.29, 1.82) is 0 Å². The highest BCUT2D eigenvalue weighted by atomic mass is 16.6. The first-order valence-corrected chi connectivity index (χ1v) is 6.34.